The molecule has 1 atom stereocenters. The summed E-state index contributed by atoms with van der Waals surface area (Å²) in [6.45, 7) is 5.46. The predicted molar refractivity (Wildman–Crippen MR) is 126 cm³/mol. The first-order valence-corrected chi connectivity index (χ1v) is 12.6. The van der Waals surface area contributed by atoms with Gasteiger partial charge in [-0.3, -0.25) is 14.6 Å². The van der Waals surface area contributed by atoms with Crippen LogP contribution in [-0.2, 0) is 26.6 Å². The van der Waals surface area contributed by atoms with Gasteiger partial charge in [0.25, 0.3) is 5.91 Å². The minimum Gasteiger partial charge on any atom is -0.395 e. The molecule has 9 nitrogen and oxygen atoms in total. The summed E-state index contributed by atoms with van der Waals surface area (Å²) in [5, 5.41) is 18.4. The highest BCUT2D eigenvalue weighted by atomic mass is 32.2. The summed E-state index contributed by atoms with van der Waals surface area (Å²) >= 11 is 0. The summed E-state index contributed by atoms with van der Waals surface area (Å²) in [5.41, 5.74) is 4.27. The third-order valence-corrected chi connectivity index (χ3v) is 8.43. The van der Waals surface area contributed by atoms with Crippen molar-refractivity contribution in [1.29, 1.82) is 0 Å². The number of aliphatic hydroxyl groups is 1. The van der Waals surface area contributed by atoms with Gasteiger partial charge in [-0.2, -0.15) is 0 Å². The minimum atomic E-state index is -3.84. The summed E-state index contributed by atoms with van der Waals surface area (Å²) in [6.07, 6.45) is 2.39. The first-order chi connectivity index (χ1) is 15.8. The van der Waals surface area contributed by atoms with E-state index in [2.05, 4.69) is 11.8 Å². The zero-order valence-electron chi connectivity index (χ0n) is 19.6. The summed E-state index contributed by atoms with van der Waals surface area (Å²) in [6, 6.07) is 9.10. The van der Waals surface area contributed by atoms with Gasteiger partial charge in [0.1, 0.15) is 0 Å². The van der Waals surface area contributed by atoms with Crippen LogP contribution in [-0.4, -0.2) is 64.3 Å². The second-order valence-corrected chi connectivity index (χ2v) is 11.8. The molecule has 0 saturated carbocycles. The first-order valence-electron chi connectivity index (χ1n) is 10.7. The van der Waals surface area contributed by atoms with Gasteiger partial charge in [-0.25, -0.2) is 18.7 Å². The van der Waals surface area contributed by atoms with E-state index < -0.39 is 20.5 Å². The van der Waals surface area contributed by atoms with E-state index in [4.69, 9.17) is 5.21 Å². The van der Waals surface area contributed by atoms with E-state index in [1.54, 1.807) is 12.3 Å². The molecule has 1 aliphatic rings. The highest BCUT2D eigenvalue weighted by Gasteiger charge is 2.44. The maximum atomic E-state index is 12.8. The average molecular weight is 488 g/mol. The lowest BCUT2D eigenvalue weighted by molar-refractivity contribution is -0.131. The zero-order chi connectivity index (χ0) is 25.3. The molecule has 0 saturated heterocycles. The van der Waals surface area contributed by atoms with E-state index in [0.717, 1.165) is 17.4 Å². The largest absolute Gasteiger partial charge is 0.395 e. The fourth-order valence-electron chi connectivity index (χ4n) is 3.64. The smallest absolute Gasteiger partial charge is 0.328 e. The average Bonchev–Trinajstić information content (AvgIpc) is 3.33. The van der Waals surface area contributed by atoms with Crippen molar-refractivity contribution in [2.75, 3.05) is 19.4 Å². The van der Waals surface area contributed by atoms with Gasteiger partial charge in [0, 0.05) is 41.2 Å². The van der Waals surface area contributed by atoms with Crippen LogP contribution in [0.1, 0.15) is 49.6 Å². The molecule has 0 fully saturated rings. The molecular weight excluding hydrogens is 458 g/mol. The standard InChI is InChI=1S/C24H29N3O6S/c1-23(2,16-28)19-9-7-17(8-10-19)5-6-18-13-20-15-26(22(30)27(20)14-18)12-11-24(3,21(29)25-31)34(4,32)33/h7-10,13-14,28,31H,11-12,15-16H2,1-4H3,(H,25,29). The molecule has 1 aromatic carbocycles. The number of hydrogen-bond donors (Lipinski definition) is 3. The Bertz CT molecular complexity index is 1270. The highest BCUT2D eigenvalue weighted by molar-refractivity contribution is 7.92. The fourth-order valence-corrected chi connectivity index (χ4v) is 4.49. The van der Waals surface area contributed by atoms with Crippen LogP contribution in [0, 0.1) is 11.8 Å². The number of nitrogens with zero attached hydrogens (tertiary/aromatic N) is 2. The Balaban J connectivity index is 1.69. The van der Waals surface area contributed by atoms with Gasteiger partial charge in [0.2, 0.25) is 0 Å². The number of carbonyl (C=O) groups is 2. The Labute approximate surface area is 199 Å². The molecule has 182 valence electrons. The van der Waals surface area contributed by atoms with Crippen LogP contribution in [0.15, 0.2) is 36.5 Å². The lowest BCUT2D eigenvalue weighted by Crippen LogP contribution is -2.50. The summed E-state index contributed by atoms with van der Waals surface area (Å²) in [7, 11) is -3.84. The molecule has 34 heavy (non-hydrogen) atoms. The lowest BCUT2D eigenvalue weighted by atomic mass is 9.85. The number of amides is 2. The molecule has 2 heterocycles. The van der Waals surface area contributed by atoms with Crippen molar-refractivity contribution in [3.63, 3.8) is 0 Å². The molecule has 0 aliphatic carbocycles. The summed E-state index contributed by atoms with van der Waals surface area (Å²) in [4.78, 5) is 26.2. The summed E-state index contributed by atoms with van der Waals surface area (Å²) < 4.78 is 23.8. The molecular formula is C24H29N3O6S. The molecule has 2 aromatic rings. The number of benzene rings is 1. The van der Waals surface area contributed by atoms with Crippen molar-refractivity contribution in [3.8, 4) is 11.8 Å². The van der Waals surface area contributed by atoms with Crippen LogP contribution >= 0.6 is 0 Å². The van der Waals surface area contributed by atoms with Crippen LogP contribution in [0.4, 0.5) is 4.79 Å². The molecule has 0 radical (unpaired) electrons. The Kier molecular flexibility index (Phi) is 6.94. The second-order valence-electron chi connectivity index (χ2n) is 9.36. The van der Waals surface area contributed by atoms with Gasteiger partial charge in [-0.1, -0.05) is 37.8 Å². The maximum Gasteiger partial charge on any atom is 0.328 e. The third kappa shape index (κ3) is 4.87. The minimum absolute atomic E-state index is 0.0229. The Morgan fingerprint density at radius 2 is 1.76 bits per heavy atom. The van der Waals surface area contributed by atoms with Crippen molar-refractivity contribution in [2.24, 2.45) is 0 Å². The van der Waals surface area contributed by atoms with E-state index in [9.17, 15) is 23.1 Å². The normalized spacial score (nSPS) is 15.4. The zero-order valence-corrected chi connectivity index (χ0v) is 20.4. The molecule has 10 heteroatoms. The SMILES string of the molecule is CC(C)(CO)c1ccc(C#Cc2cc3n(c2)C(=O)N(CCC(C)(C(=O)NO)S(C)(=O)=O)C3)cc1. The molecule has 3 rings (SSSR count). The van der Waals surface area contributed by atoms with Crippen molar-refractivity contribution >= 4 is 21.8 Å². The number of aliphatic hydroxyl groups excluding tert-OH is 1. The van der Waals surface area contributed by atoms with Gasteiger partial charge >= 0.3 is 6.03 Å². The van der Waals surface area contributed by atoms with E-state index in [-0.39, 0.29) is 37.6 Å². The monoisotopic (exact) mass is 487 g/mol. The molecule has 1 aromatic heterocycles. The molecule has 3 N–H and O–H groups in total. The molecule has 1 aliphatic heterocycles. The number of rotatable bonds is 7. The summed E-state index contributed by atoms with van der Waals surface area (Å²) in [5.74, 6) is 5.08. The van der Waals surface area contributed by atoms with Gasteiger partial charge < -0.3 is 10.0 Å². The Morgan fingerprint density at radius 3 is 2.29 bits per heavy atom. The number of hydrogen-bond acceptors (Lipinski definition) is 6. The number of sulfone groups is 1. The van der Waals surface area contributed by atoms with Crippen LogP contribution in [0.25, 0.3) is 0 Å². The quantitative estimate of drug-likeness (QED) is 0.309. The number of aromatic nitrogens is 1. The molecule has 2 amide bonds. The number of hydroxylamine groups is 1. The van der Waals surface area contributed by atoms with Gasteiger partial charge in [0.15, 0.2) is 14.6 Å². The third-order valence-electron chi connectivity index (χ3n) is 6.40. The predicted octanol–water partition coefficient (Wildman–Crippen LogP) is 1.64. The fraction of sp³-hybridized carbons (Fsp3) is 0.417. The van der Waals surface area contributed by atoms with Crippen molar-refractivity contribution < 1.29 is 28.3 Å². The van der Waals surface area contributed by atoms with E-state index in [1.165, 1.54) is 21.9 Å². The van der Waals surface area contributed by atoms with E-state index >= 15 is 0 Å². The van der Waals surface area contributed by atoms with Crippen molar-refractivity contribution in [3.05, 3.63) is 58.9 Å². The van der Waals surface area contributed by atoms with E-state index in [1.807, 2.05) is 38.1 Å². The van der Waals surface area contributed by atoms with E-state index in [0.29, 0.717) is 11.3 Å². The Morgan fingerprint density at radius 1 is 1.15 bits per heavy atom. The maximum absolute atomic E-state index is 12.8. The van der Waals surface area contributed by atoms with Crippen LogP contribution in [0.3, 0.4) is 0 Å². The van der Waals surface area contributed by atoms with Crippen LogP contribution < -0.4 is 5.48 Å². The van der Waals surface area contributed by atoms with Gasteiger partial charge in [0.05, 0.1) is 13.2 Å². The second kappa shape index (κ2) is 9.25. The number of fused-ring (bicyclic) bond motifs is 1. The van der Waals surface area contributed by atoms with Crippen LogP contribution in [0.2, 0.25) is 0 Å². The molecule has 0 bridgehead atoms. The molecule has 0 spiro atoms. The van der Waals surface area contributed by atoms with Crippen molar-refractivity contribution in [2.45, 2.75) is 43.9 Å². The Hall–Kier alpha value is -3.13. The number of carbonyl (C=O) groups excluding carboxylic acids is 2. The van der Waals surface area contributed by atoms with Crippen LogP contribution in [0.5, 0.6) is 0 Å². The lowest BCUT2D eigenvalue weighted by Gasteiger charge is -2.27. The molecule has 1 unspecified atom stereocenters. The van der Waals surface area contributed by atoms with Gasteiger partial charge in [-0.15, -0.1) is 0 Å². The van der Waals surface area contributed by atoms with Gasteiger partial charge in [-0.05, 0) is 37.1 Å². The van der Waals surface area contributed by atoms with Crippen molar-refractivity contribution in [1.82, 2.24) is 14.9 Å². The number of nitrogens with one attached hydrogen (secondary N) is 1. The highest BCUT2D eigenvalue weighted by Crippen LogP contribution is 2.26. The first kappa shape index (κ1) is 25.5. The topological polar surface area (TPSA) is 129 Å².